The number of nitrogens with zero attached hydrogens (tertiary/aromatic N) is 1. The van der Waals surface area contributed by atoms with Crippen molar-refractivity contribution in [3.05, 3.63) is 40.2 Å². The van der Waals surface area contributed by atoms with E-state index in [2.05, 4.69) is 0 Å². The van der Waals surface area contributed by atoms with Gasteiger partial charge in [0.05, 0.1) is 4.92 Å². The lowest BCUT2D eigenvalue weighted by atomic mass is 10.3. The fourth-order valence-electron chi connectivity index (χ4n) is 0.600. The first-order chi connectivity index (χ1) is 4.72. The molecule has 0 aliphatic carbocycles. The minimum Gasteiger partial charge on any atom is -0.258 e. The van der Waals surface area contributed by atoms with Crippen LogP contribution in [0.2, 0.25) is 0 Å². The van der Waals surface area contributed by atoms with Gasteiger partial charge in [0.15, 0.2) is 0 Å². The Morgan fingerprint density at radius 3 is 2.27 bits per heavy atom. The predicted molar refractivity (Wildman–Crippen MR) is 39.8 cm³/mol. The van der Waals surface area contributed by atoms with Gasteiger partial charge in [0, 0.05) is 6.07 Å². The normalized spacial score (nSPS) is 8.45. The van der Waals surface area contributed by atoms with Gasteiger partial charge in [0.2, 0.25) is 5.82 Å². The summed E-state index contributed by atoms with van der Waals surface area (Å²) < 4.78 is 12.4. The topological polar surface area (TPSA) is 43.1 Å². The number of para-hydroxylation sites is 1. The summed E-state index contributed by atoms with van der Waals surface area (Å²) in [5, 5.41) is 9.99. The third-order valence-electron chi connectivity index (χ3n) is 1.05. The van der Waals surface area contributed by atoms with Gasteiger partial charge in [-0.25, -0.2) is 0 Å². The fourth-order valence-corrected chi connectivity index (χ4v) is 0.600. The molecule has 0 N–H and O–H groups in total. The van der Waals surface area contributed by atoms with E-state index in [9.17, 15) is 14.5 Å². The highest BCUT2D eigenvalue weighted by atomic mass is 19.1. The SMILES string of the molecule is C.O=[N+]([O-])c1ccccc1F. The Balaban J connectivity index is 0.000001000. The van der Waals surface area contributed by atoms with Crippen molar-refractivity contribution in [1.29, 1.82) is 0 Å². The average molecular weight is 157 g/mol. The standard InChI is InChI=1S/C6H4FNO2.CH4/c7-5-3-1-2-4-6(5)8(9)10;/h1-4H;1H4. The molecule has 1 aromatic rings. The van der Waals surface area contributed by atoms with Crippen molar-refractivity contribution in [2.24, 2.45) is 0 Å². The maximum Gasteiger partial charge on any atom is 0.304 e. The lowest BCUT2D eigenvalue weighted by molar-refractivity contribution is -0.387. The predicted octanol–water partition coefficient (Wildman–Crippen LogP) is 2.37. The zero-order chi connectivity index (χ0) is 7.56. The first-order valence-corrected chi connectivity index (χ1v) is 2.61. The number of rotatable bonds is 1. The molecule has 11 heavy (non-hydrogen) atoms. The van der Waals surface area contributed by atoms with E-state index < -0.39 is 16.4 Å². The summed E-state index contributed by atoms with van der Waals surface area (Å²) in [4.78, 5) is 9.23. The van der Waals surface area contributed by atoms with E-state index in [0.717, 1.165) is 12.1 Å². The second kappa shape index (κ2) is 3.65. The minimum atomic E-state index is -0.799. The summed E-state index contributed by atoms with van der Waals surface area (Å²) in [5.74, 6) is -0.799. The summed E-state index contributed by atoms with van der Waals surface area (Å²) in [5.41, 5.74) is -0.484. The Hall–Kier alpha value is -1.45. The largest absolute Gasteiger partial charge is 0.304 e. The molecule has 4 heteroatoms. The highest BCUT2D eigenvalue weighted by Crippen LogP contribution is 2.14. The number of hydrogen-bond donors (Lipinski definition) is 0. The Morgan fingerprint density at radius 2 is 1.91 bits per heavy atom. The molecule has 1 rings (SSSR count). The van der Waals surface area contributed by atoms with Gasteiger partial charge in [-0.2, -0.15) is 4.39 Å². The summed E-state index contributed by atoms with van der Waals surface area (Å²) in [6.07, 6.45) is 0. The van der Waals surface area contributed by atoms with Gasteiger partial charge in [-0.15, -0.1) is 0 Å². The van der Waals surface area contributed by atoms with E-state index >= 15 is 0 Å². The summed E-state index contributed by atoms with van der Waals surface area (Å²) in [7, 11) is 0. The second-order valence-corrected chi connectivity index (χ2v) is 1.71. The van der Waals surface area contributed by atoms with Crippen molar-refractivity contribution in [1.82, 2.24) is 0 Å². The molecule has 0 aliphatic heterocycles. The molecule has 0 amide bonds. The van der Waals surface area contributed by atoms with E-state index in [0.29, 0.717) is 0 Å². The minimum absolute atomic E-state index is 0. The van der Waals surface area contributed by atoms with Crippen molar-refractivity contribution in [2.45, 2.75) is 7.43 Å². The first kappa shape index (κ1) is 9.55. The van der Waals surface area contributed by atoms with Crippen molar-refractivity contribution in [3.63, 3.8) is 0 Å². The van der Waals surface area contributed by atoms with Gasteiger partial charge in [-0.1, -0.05) is 19.6 Å². The number of nitro groups is 1. The summed E-state index contributed by atoms with van der Waals surface area (Å²) in [6, 6.07) is 5.00. The van der Waals surface area contributed by atoms with Crippen LogP contribution in [0.4, 0.5) is 10.1 Å². The van der Waals surface area contributed by atoms with Crippen molar-refractivity contribution in [2.75, 3.05) is 0 Å². The molecule has 0 radical (unpaired) electrons. The highest BCUT2D eigenvalue weighted by molar-refractivity contribution is 5.30. The molecular formula is C7H8FNO2. The Bertz CT molecular complexity index is 262. The monoisotopic (exact) mass is 157 g/mol. The number of hydrogen-bond acceptors (Lipinski definition) is 2. The van der Waals surface area contributed by atoms with E-state index in [1.54, 1.807) is 0 Å². The smallest absolute Gasteiger partial charge is 0.258 e. The molecule has 0 fully saturated rings. The number of nitro benzene ring substituents is 1. The summed E-state index contributed by atoms with van der Waals surface area (Å²) >= 11 is 0. The van der Waals surface area contributed by atoms with E-state index in [1.165, 1.54) is 12.1 Å². The van der Waals surface area contributed by atoms with E-state index in [4.69, 9.17) is 0 Å². The number of halogens is 1. The van der Waals surface area contributed by atoms with Gasteiger partial charge < -0.3 is 0 Å². The van der Waals surface area contributed by atoms with Crippen LogP contribution >= 0.6 is 0 Å². The molecule has 3 nitrogen and oxygen atoms in total. The van der Waals surface area contributed by atoms with Gasteiger partial charge in [0.25, 0.3) is 0 Å². The van der Waals surface area contributed by atoms with Crippen LogP contribution < -0.4 is 0 Å². The zero-order valence-corrected chi connectivity index (χ0v) is 4.95. The fraction of sp³-hybridized carbons (Fsp3) is 0.143. The molecular weight excluding hydrogens is 149 g/mol. The average Bonchev–Trinajstić information content (AvgIpc) is 1.88. The Kier molecular flexibility index (Phi) is 3.17. The lowest BCUT2D eigenvalue weighted by Crippen LogP contribution is -1.90. The maximum atomic E-state index is 12.4. The van der Waals surface area contributed by atoms with Crippen LogP contribution in [0.1, 0.15) is 7.43 Å². The van der Waals surface area contributed by atoms with Crippen LogP contribution in [0.15, 0.2) is 24.3 Å². The van der Waals surface area contributed by atoms with Gasteiger partial charge >= 0.3 is 5.69 Å². The van der Waals surface area contributed by atoms with E-state index in [1.807, 2.05) is 0 Å². The van der Waals surface area contributed by atoms with E-state index in [-0.39, 0.29) is 7.43 Å². The molecule has 0 saturated heterocycles. The van der Waals surface area contributed by atoms with Crippen LogP contribution in [0.3, 0.4) is 0 Å². The van der Waals surface area contributed by atoms with Gasteiger partial charge in [0.1, 0.15) is 0 Å². The van der Waals surface area contributed by atoms with Crippen LogP contribution in [0.5, 0.6) is 0 Å². The molecule has 1 aromatic carbocycles. The third kappa shape index (κ3) is 2.00. The van der Waals surface area contributed by atoms with Crippen LogP contribution in [-0.4, -0.2) is 4.92 Å². The number of benzene rings is 1. The van der Waals surface area contributed by atoms with Crippen LogP contribution in [0, 0.1) is 15.9 Å². The quantitative estimate of drug-likeness (QED) is 0.464. The molecule has 0 spiro atoms. The van der Waals surface area contributed by atoms with Gasteiger partial charge in [-0.05, 0) is 6.07 Å². The molecule has 0 aromatic heterocycles. The molecule has 0 unspecified atom stereocenters. The first-order valence-electron chi connectivity index (χ1n) is 2.61. The van der Waals surface area contributed by atoms with Crippen LogP contribution in [-0.2, 0) is 0 Å². The van der Waals surface area contributed by atoms with Gasteiger partial charge in [-0.3, -0.25) is 10.1 Å². The van der Waals surface area contributed by atoms with Crippen LogP contribution in [0.25, 0.3) is 0 Å². The third-order valence-corrected chi connectivity index (χ3v) is 1.05. The Labute approximate surface area is 63.6 Å². The molecule has 0 saturated carbocycles. The molecule has 60 valence electrons. The van der Waals surface area contributed by atoms with Crippen molar-refractivity contribution in [3.8, 4) is 0 Å². The van der Waals surface area contributed by atoms with Crippen molar-refractivity contribution < 1.29 is 9.31 Å². The molecule has 0 aliphatic rings. The van der Waals surface area contributed by atoms with Crippen molar-refractivity contribution >= 4 is 5.69 Å². The highest BCUT2D eigenvalue weighted by Gasteiger charge is 2.09. The molecule has 0 bridgehead atoms. The zero-order valence-electron chi connectivity index (χ0n) is 4.95. The summed E-state index contributed by atoms with van der Waals surface area (Å²) in [6.45, 7) is 0. The lowest BCUT2D eigenvalue weighted by Gasteiger charge is -1.89. The molecule has 0 heterocycles. The maximum absolute atomic E-state index is 12.4. The Morgan fingerprint density at radius 1 is 1.36 bits per heavy atom. The molecule has 0 atom stereocenters. The second-order valence-electron chi connectivity index (χ2n) is 1.71.